The van der Waals surface area contributed by atoms with Crippen molar-refractivity contribution in [1.82, 2.24) is 9.80 Å². The number of para-hydroxylation sites is 1. The van der Waals surface area contributed by atoms with E-state index in [-0.39, 0.29) is 48.6 Å². The topological polar surface area (TPSA) is 81.2 Å². The molecule has 0 saturated carbocycles. The third kappa shape index (κ3) is 4.82. The number of hydrogen-bond acceptors (Lipinski definition) is 5. The summed E-state index contributed by atoms with van der Waals surface area (Å²) in [4.78, 5) is 48.0. The van der Waals surface area contributed by atoms with Crippen LogP contribution in [0.15, 0.2) is 43.5 Å². The highest BCUT2D eigenvalue weighted by molar-refractivity contribution is 8.02. The molecule has 3 aliphatic rings. The lowest BCUT2D eigenvalue weighted by molar-refractivity contribution is -0.144. The molecule has 0 radical (unpaired) electrons. The number of rotatable bonds is 12. The van der Waals surface area contributed by atoms with Crippen molar-refractivity contribution in [2.75, 3.05) is 37.7 Å². The summed E-state index contributed by atoms with van der Waals surface area (Å²) >= 11 is 8.29. The van der Waals surface area contributed by atoms with Crippen molar-refractivity contribution in [3.8, 4) is 0 Å². The average Bonchev–Trinajstić information content (AvgIpc) is 3.49. The first-order chi connectivity index (χ1) is 18.7. The first-order valence-electron chi connectivity index (χ1n) is 13.9. The minimum Gasteiger partial charge on any atom is -0.396 e. The van der Waals surface area contributed by atoms with E-state index in [2.05, 4.69) is 20.1 Å². The van der Waals surface area contributed by atoms with Crippen molar-refractivity contribution in [3.05, 3.63) is 54.1 Å². The maximum Gasteiger partial charge on any atom is 0.251 e. The second kappa shape index (κ2) is 12.1. The summed E-state index contributed by atoms with van der Waals surface area (Å²) in [7, 11) is 0. The van der Waals surface area contributed by atoms with Crippen LogP contribution in [0.4, 0.5) is 5.69 Å². The van der Waals surface area contributed by atoms with E-state index >= 15 is 0 Å². The number of fused-ring (bicyclic) bond motifs is 1. The molecule has 1 aromatic carbocycles. The molecule has 39 heavy (non-hydrogen) atoms. The van der Waals surface area contributed by atoms with E-state index in [1.807, 2.05) is 26.0 Å². The van der Waals surface area contributed by atoms with E-state index in [0.717, 1.165) is 18.4 Å². The number of anilines is 1. The van der Waals surface area contributed by atoms with E-state index in [1.165, 1.54) is 0 Å². The fraction of sp³-hybridized carbons (Fsp3) is 0.567. The van der Waals surface area contributed by atoms with Crippen LogP contribution in [0, 0.1) is 24.7 Å². The van der Waals surface area contributed by atoms with Crippen LogP contribution in [-0.2, 0) is 14.4 Å². The van der Waals surface area contributed by atoms with Crippen LogP contribution in [0.3, 0.4) is 0 Å². The number of halogens is 1. The second-order valence-corrected chi connectivity index (χ2v) is 12.8. The molecule has 3 heterocycles. The minimum atomic E-state index is -0.779. The first kappa shape index (κ1) is 29.7. The Morgan fingerprint density at radius 2 is 1.97 bits per heavy atom. The number of thioether (sulfide) groups is 1. The van der Waals surface area contributed by atoms with E-state index < -0.39 is 22.6 Å². The van der Waals surface area contributed by atoms with Crippen LogP contribution in [0.25, 0.3) is 0 Å². The fourth-order valence-electron chi connectivity index (χ4n) is 7.02. The Hall–Kier alpha value is -2.29. The summed E-state index contributed by atoms with van der Waals surface area (Å²) in [5, 5.41) is 10.1. The van der Waals surface area contributed by atoms with Gasteiger partial charge in [0.25, 0.3) is 5.91 Å². The van der Waals surface area contributed by atoms with Gasteiger partial charge in [-0.2, -0.15) is 0 Å². The molecule has 0 aromatic heterocycles. The van der Waals surface area contributed by atoms with Gasteiger partial charge in [-0.1, -0.05) is 49.7 Å². The van der Waals surface area contributed by atoms with Crippen LogP contribution >= 0.6 is 23.4 Å². The lowest BCUT2D eigenvalue weighted by atomic mass is 9.65. The molecule has 4 rings (SSSR count). The smallest absolute Gasteiger partial charge is 0.251 e. The normalized spacial score (nSPS) is 28.9. The molecule has 2 bridgehead atoms. The van der Waals surface area contributed by atoms with Gasteiger partial charge < -0.3 is 19.8 Å². The molecule has 3 unspecified atom stereocenters. The van der Waals surface area contributed by atoms with Crippen LogP contribution in [0.5, 0.6) is 0 Å². The number of benzene rings is 1. The quantitative estimate of drug-likeness (QED) is 0.377. The van der Waals surface area contributed by atoms with E-state index in [4.69, 9.17) is 11.6 Å². The number of nitrogens with zero attached hydrogens (tertiary/aromatic N) is 3. The predicted molar refractivity (Wildman–Crippen MR) is 158 cm³/mol. The number of amides is 3. The molecule has 3 amide bonds. The first-order valence-corrected chi connectivity index (χ1v) is 15.1. The molecule has 3 aliphatic heterocycles. The van der Waals surface area contributed by atoms with Crippen LogP contribution in [-0.4, -0.2) is 81.5 Å². The Balaban J connectivity index is 1.82. The summed E-state index contributed by atoms with van der Waals surface area (Å²) in [6, 6.07) is 4.73. The van der Waals surface area contributed by atoms with Crippen molar-refractivity contribution in [1.29, 1.82) is 0 Å². The summed E-state index contributed by atoms with van der Waals surface area (Å²) in [5.74, 6) is -1.44. The van der Waals surface area contributed by atoms with Crippen molar-refractivity contribution in [2.45, 2.75) is 56.1 Å². The zero-order chi connectivity index (χ0) is 28.5. The largest absolute Gasteiger partial charge is 0.396 e. The molecule has 1 spiro atoms. The summed E-state index contributed by atoms with van der Waals surface area (Å²) in [6.45, 7) is 15.2. The number of likely N-dealkylation sites (tertiary alicyclic amines) is 1. The molecule has 212 valence electrons. The van der Waals surface area contributed by atoms with Gasteiger partial charge in [-0.15, -0.1) is 24.9 Å². The van der Waals surface area contributed by atoms with Gasteiger partial charge in [0.15, 0.2) is 0 Å². The number of hydrogen-bond donors (Lipinski definition) is 1. The summed E-state index contributed by atoms with van der Waals surface area (Å²) in [6.07, 6.45) is 5.31. The highest BCUT2D eigenvalue weighted by Gasteiger charge is 2.76. The van der Waals surface area contributed by atoms with Gasteiger partial charge in [0.1, 0.15) is 6.04 Å². The number of aliphatic hydroxyl groups is 1. The zero-order valence-corrected chi connectivity index (χ0v) is 24.7. The lowest BCUT2D eigenvalue weighted by Gasteiger charge is -2.41. The van der Waals surface area contributed by atoms with Gasteiger partial charge in [-0.25, -0.2) is 0 Å². The number of carbonyl (C=O) groups is 3. The third-order valence-electron chi connectivity index (χ3n) is 8.51. The maximum absolute atomic E-state index is 14.7. The molecule has 3 saturated heterocycles. The van der Waals surface area contributed by atoms with Gasteiger partial charge in [0.2, 0.25) is 11.8 Å². The Bertz CT molecular complexity index is 1120. The van der Waals surface area contributed by atoms with E-state index in [9.17, 15) is 19.5 Å². The molecule has 9 heteroatoms. The Morgan fingerprint density at radius 3 is 2.59 bits per heavy atom. The Labute approximate surface area is 241 Å². The molecule has 3 fully saturated rings. The molecular weight excluding hydrogens is 534 g/mol. The van der Waals surface area contributed by atoms with Gasteiger partial charge in [0, 0.05) is 38.0 Å². The Morgan fingerprint density at radius 1 is 1.26 bits per heavy atom. The van der Waals surface area contributed by atoms with Gasteiger partial charge in [-0.3, -0.25) is 14.4 Å². The van der Waals surface area contributed by atoms with Gasteiger partial charge in [-0.05, 0) is 43.7 Å². The highest BCUT2D eigenvalue weighted by atomic mass is 35.5. The number of aryl methyl sites for hydroxylation is 1. The van der Waals surface area contributed by atoms with Crippen LogP contribution < -0.4 is 4.90 Å². The van der Waals surface area contributed by atoms with Crippen LogP contribution in [0.2, 0.25) is 5.02 Å². The van der Waals surface area contributed by atoms with Gasteiger partial charge >= 0.3 is 0 Å². The van der Waals surface area contributed by atoms with Gasteiger partial charge in [0.05, 0.1) is 27.3 Å². The molecule has 6 atom stereocenters. The predicted octanol–water partition coefficient (Wildman–Crippen LogP) is 4.31. The average molecular weight is 574 g/mol. The minimum absolute atomic E-state index is 0.0264. The van der Waals surface area contributed by atoms with Crippen molar-refractivity contribution < 1.29 is 19.5 Å². The zero-order valence-electron chi connectivity index (χ0n) is 23.1. The standard InChI is InChI=1S/C30H40ClN3O4S/c1-6-13-32(14-7-2)27(36)23-22-18-20(5)30(39-22)24(23)28(37)34(16-10-17-35)26(30)29(38)33(15-8-3)25-19(4)11-9-12-21(25)31/h6,8-9,11-12,20,22-24,26,35H,1,3,7,10,13-18H2,2,4-5H3/t20?,22-,23+,24+,26?,30?/m1/s1. The summed E-state index contributed by atoms with van der Waals surface area (Å²) in [5.41, 5.74) is 1.46. The monoisotopic (exact) mass is 573 g/mol. The molecule has 1 aromatic rings. The molecule has 1 N–H and O–H groups in total. The molecule has 0 aliphatic carbocycles. The van der Waals surface area contributed by atoms with Crippen LogP contribution in [0.1, 0.15) is 38.7 Å². The summed E-state index contributed by atoms with van der Waals surface area (Å²) < 4.78 is -0.741. The van der Waals surface area contributed by atoms with Crippen molar-refractivity contribution in [3.63, 3.8) is 0 Å². The second-order valence-electron chi connectivity index (χ2n) is 10.9. The van der Waals surface area contributed by atoms with Crippen molar-refractivity contribution in [2.24, 2.45) is 17.8 Å². The third-order valence-corrected chi connectivity index (χ3v) is 10.9. The fourth-order valence-corrected chi connectivity index (χ4v) is 9.76. The van der Waals surface area contributed by atoms with E-state index in [1.54, 1.807) is 44.7 Å². The maximum atomic E-state index is 14.7. The molecular formula is C30H40ClN3O4S. The SMILES string of the molecule is C=CCN(CCC)C(=O)[C@@H]1[C@H]2C(=O)N(CCCO)C(C(=O)N(CC=C)c3c(C)cccc3Cl)C23S[C@@H]1CC3C. The number of carbonyl (C=O) groups excluding carboxylic acids is 3. The van der Waals surface area contributed by atoms with Crippen molar-refractivity contribution >= 4 is 46.8 Å². The Kier molecular flexibility index (Phi) is 9.19. The molecule has 7 nitrogen and oxygen atoms in total. The highest BCUT2D eigenvalue weighted by Crippen LogP contribution is 2.69. The number of aliphatic hydroxyl groups excluding tert-OH is 1. The lowest BCUT2D eigenvalue weighted by Crippen LogP contribution is -2.58. The van der Waals surface area contributed by atoms with E-state index in [0.29, 0.717) is 30.2 Å².